The van der Waals surface area contributed by atoms with Gasteiger partial charge in [0.15, 0.2) is 5.11 Å². The molecular formula is C39H48F6N8O4S. The smallest absolute Gasteiger partial charge is 0.331 e. The van der Waals surface area contributed by atoms with E-state index in [0.717, 1.165) is 83.4 Å². The monoisotopic (exact) mass is 838 g/mol. The van der Waals surface area contributed by atoms with Gasteiger partial charge in [-0.1, -0.05) is 26.2 Å². The van der Waals surface area contributed by atoms with Gasteiger partial charge < -0.3 is 15.1 Å². The van der Waals surface area contributed by atoms with Gasteiger partial charge in [-0.2, -0.15) is 31.6 Å². The van der Waals surface area contributed by atoms with Gasteiger partial charge in [0, 0.05) is 38.6 Å². The minimum atomic E-state index is -4.69. The minimum absolute atomic E-state index is 0.0442. The number of piperazine rings is 1. The first-order valence-electron chi connectivity index (χ1n) is 19.1. The number of benzene rings is 1. The Kier molecular flexibility index (Phi) is 16.1. The average Bonchev–Trinajstić information content (AvgIpc) is 3.34. The van der Waals surface area contributed by atoms with Crippen LogP contribution in [0.15, 0.2) is 36.5 Å². The standard InChI is InChI=1S/C19H20F3N3OS.C19H27N5O3.CHF3/c1-18(2)16(26)24(17(27)25(18)13-6-4-3-5-7-13)14-9-8-12(11-23)15(10-14)19(20,21)22;1-2-7-23-8-10-24(11-9-23)13-18(26)21-14-3-5-16(20-12-14)15-4-6-17(25)22-19(15)27;2-1(3)4/h8-10,13H,3-7H2,1-2H3;3,5,12,15H,2,4,6-11,13H2,1H3,(H,21,26)(H,22,25,27);1H. The van der Waals surface area contributed by atoms with Crippen molar-refractivity contribution in [2.75, 3.05) is 49.5 Å². The van der Waals surface area contributed by atoms with Crippen molar-refractivity contribution in [1.82, 2.24) is 25.0 Å². The molecule has 4 aliphatic rings. The number of carbonyl (C=O) groups is 4. The van der Waals surface area contributed by atoms with Crippen LogP contribution in [0.3, 0.4) is 0 Å². The van der Waals surface area contributed by atoms with E-state index < -0.39 is 35.4 Å². The summed E-state index contributed by atoms with van der Waals surface area (Å²) >= 11 is 5.53. The number of imide groups is 1. The van der Waals surface area contributed by atoms with Gasteiger partial charge in [0.1, 0.15) is 5.54 Å². The van der Waals surface area contributed by atoms with Gasteiger partial charge in [0.25, 0.3) is 5.91 Å². The number of pyridine rings is 1. The minimum Gasteiger partial charge on any atom is -0.331 e. The fraction of sp³-hybridized carbons (Fsp3) is 0.564. The number of anilines is 2. The molecule has 2 N–H and O–H groups in total. The van der Waals surface area contributed by atoms with Crippen LogP contribution >= 0.6 is 12.2 Å². The van der Waals surface area contributed by atoms with E-state index >= 15 is 0 Å². The molecule has 316 valence electrons. The zero-order chi connectivity index (χ0) is 42.8. The second-order valence-electron chi connectivity index (χ2n) is 14.9. The Labute approximate surface area is 338 Å². The van der Waals surface area contributed by atoms with Crippen molar-refractivity contribution < 1.29 is 45.5 Å². The van der Waals surface area contributed by atoms with Crippen LogP contribution < -0.4 is 15.5 Å². The molecule has 4 amide bonds. The molecule has 12 nitrogen and oxygen atoms in total. The first-order valence-corrected chi connectivity index (χ1v) is 19.5. The molecule has 0 radical (unpaired) electrons. The lowest BCUT2D eigenvalue weighted by molar-refractivity contribution is -0.138. The summed E-state index contributed by atoms with van der Waals surface area (Å²) in [6, 6.07) is 8.42. The summed E-state index contributed by atoms with van der Waals surface area (Å²) in [5, 5.41) is 14.4. The van der Waals surface area contributed by atoms with Gasteiger partial charge in [-0.05, 0) is 88.6 Å². The molecule has 1 aromatic carbocycles. The molecule has 2 aromatic rings. The summed E-state index contributed by atoms with van der Waals surface area (Å²) in [5.41, 5.74) is -1.20. The second kappa shape index (κ2) is 20.3. The van der Waals surface area contributed by atoms with E-state index in [1.165, 1.54) is 11.0 Å². The van der Waals surface area contributed by atoms with Crippen molar-refractivity contribution in [1.29, 1.82) is 5.26 Å². The van der Waals surface area contributed by atoms with E-state index in [1.54, 1.807) is 38.2 Å². The number of piperidine rings is 1. The second-order valence-corrected chi connectivity index (χ2v) is 15.2. The topological polar surface area (TPSA) is 142 Å². The van der Waals surface area contributed by atoms with Crippen molar-refractivity contribution in [3.05, 3.63) is 53.3 Å². The van der Waals surface area contributed by atoms with Gasteiger partial charge in [-0.15, -0.1) is 0 Å². The zero-order valence-corrected chi connectivity index (χ0v) is 33.4. The maximum atomic E-state index is 13.3. The number of carbonyl (C=O) groups excluding carboxylic acids is 4. The molecule has 1 aliphatic carbocycles. The summed E-state index contributed by atoms with van der Waals surface area (Å²) in [4.78, 5) is 60.4. The molecule has 1 atom stereocenters. The molecule has 4 fully saturated rings. The quantitative estimate of drug-likeness (QED) is 0.175. The van der Waals surface area contributed by atoms with E-state index in [-0.39, 0.29) is 40.5 Å². The Bertz CT molecular complexity index is 1820. The highest BCUT2D eigenvalue weighted by Crippen LogP contribution is 2.40. The summed E-state index contributed by atoms with van der Waals surface area (Å²) in [6.45, 7) is 7.32. The third-order valence-electron chi connectivity index (χ3n) is 10.4. The number of alkyl halides is 6. The summed E-state index contributed by atoms with van der Waals surface area (Å²) < 4.78 is 69.0. The summed E-state index contributed by atoms with van der Waals surface area (Å²) in [6.07, 6.45) is 3.86. The van der Waals surface area contributed by atoms with Crippen LogP contribution in [0.1, 0.15) is 94.9 Å². The fourth-order valence-electron chi connectivity index (χ4n) is 7.55. The van der Waals surface area contributed by atoms with Crippen molar-refractivity contribution in [3.8, 4) is 6.07 Å². The fourth-order valence-corrected chi connectivity index (χ4v) is 8.11. The van der Waals surface area contributed by atoms with Crippen molar-refractivity contribution in [3.63, 3.8) is 0 Å². The highest BCUT2D eigenvalue weighted by Gasteiger charge is 2.52. The number of amides is 4. The van der Waals surface area contributed by atoms with Gasteiger partial charge in [0.05, 0.1) is 52.9 Å². The third-order valence-corrected chi connectivity index (χ3v) is 10.8. The molecular weight excluding hydrogens is 791 g/mol. The molecule has 58 heavy (non-hydrogen) atoms. The molecule has 1 unspecified atom stereocenters. The highest BCUT2D eigenvalue weighted by molar-refractivity contribution is 7.80. The summed E-state index contributed by atoms with van der Waals surface area (Å²) in [7, 11) is 0. The van der Waals surface area contributed by atoms with Crippen LogP contribution in [0.2, 0.25) is 0 Å². The van der Waals surface area contributed by atoms with E-state index in [4.69, 9.17) is 17.5 Å². The molecule has 6 rings (SSSR count). The van der Waals surface area contributed by atoms with Gasteiger partial charge in [-0.3, -0.25) is 39.3 Å². The number of halogens is 6. The maximum absolute atomic E-state index is 13.3. The number of aromatic nitrogens is 1. The predicted octanol–water partition coefficient (Wildman–Crippen LogP) is 6.37. The maximum Gasteiger partial charge on any atom is 0.417 e. The van der Waals surface area contributed by atoms with Gasteiger partial charge in [-0.25, -0.2) is 0 Å². The Balaban J connectivity index is 0.000000235. The van der Waals surface area contributed by atoms with E-state index in [0.29, 0.717) is 30.8 Å². The third kappa shape index (κ3) is 11.9. The first-order chi connectivity index (χ1) is 27.4. The Morgan fingerprint density at radius 1 is 1.02 bits per heavy atom. The molecule has 3 aliphatic heterocycles. The van der Waals surface area contributed by atoms with Crippen molar-refractivity contribution in [2.45, 2.75) is 102 Å². The molecule has 1 aromatic heterocycles. The molecule has 3 saturated heterocycles. The lowest BCUT2D eigenvalue weighted by atomic mass is 9.91. The van der Waals surface area contributed by atoms with E-state index in [2.05, 4.69) is 32.3 Å². The molecule has 0 spiro atoms. The Hall–Kier alpha value is -4.67. The van der Waals surface area contributed by atoms with Crippen LogP contribution in [0.5, 0.6) is 0 Å². The Morgan fingerprint density at radius 3 is 2.21 bits per heavy atom. The summed E-state index contributed by atoms with van der Waals surface area (Å²) in [5.74, 6) is -1.37. The van der Waals surface area contributed by atoms with Crippen LogP contribution in [0.25, 0.3) is 0 Å². The van der Waals surface area contributed by atoms with E-state index in [9.17, 15) is 45.5 Å². The predicted molar refractivity (Wildman–Crippen MR) is 207 cm³/mol. The number of nitrogens with one attached hydrogen (secondary N) is 2. The van der Waals surface area contributed by atoms with Crippen LogP contribution in [0, 0.1) is 11.3 Å². The number of nitriles is 1. The van der Waals surface area contributed by atoms with Gasteiger partial charge >= 0.3 is 12.9 Å². The molecule has 4 heterocycles. The first kappa shape index (κ1) is 46.0. The molecule has 1 saturated carbocycles. The number of thiocarbonyl (C=S) groups is 1. The average molecular weight is 839 g/mol. The normalized spacial score (nSPS) is 20.5. The zero-order valence-electron chi connectivity index (χ0n) is 32.6. The van der Waals surface area contributed by atoms with Crippen LogP contribution in [-0.4, -0.2) is 106 Å². The molecule has 0 bridgehead atoms. The highest BCUT2D eigenvalue weighted by atomic mass is 32.1. The van der Waals surface area contributed by atoms with Crippen LogP contribution in [0.4, 0.5) is 37.7 Å². The van der Waals surface area contributed by atoms with Crippen molar-refractivity contribution >= 4 is 52.3 Å². The van der Waals surface area contributed by atoms with Crippen LogP contribution in [-0.2, 0) is 25.4 Å². The lowest BCUT2D eigenvalue weighted by Crippen LogP contribution is -2.50. The lowest BCUT2D eigenvalue weighted by Gasteiger charge is -2.39. The Morgan fingerprint density at radius 2 is 1.66 bits per heavy atom. The van der Waals surface area contributed by atoms with Gasteiger partial charge in [0.2, 0.25) is 17.7 Å². The number of hydrogen-bond donors (Lipinski definition) is 2. The van der Waals surface area contributed by atoms with E-state index in [1.807, 2.05) is 4.90 Å². The van der Waals surface area contributed by atoms with Crippen molar-refractivity contribution in [2.24, 2.45) is 0 Å². The SMILES string of the molecule is CC1(C)C(=O)N(c2ccc(C#N)c(C(F)(F)F)c2)C(=S)N1C1CCCCC1.CCCN1CCN(CC(=O)Nc2ccc(C3CCC(=O)NC3=O)nc2)CC1.FC(F)F. The number of nitrogens with zero attached hydrogens (tertiary/aromatic N) is 6. The largest absolute Gasteiger partial charge is 0.417 e. The number of hydrogen-bond acceptors (Lipinski definition) is 9. The molecule has 19 heteroatoms. The number of rotatable bonds is 8.